The van der Waals surface area contributed by atoms with E-state index < -0.39 is 10.2 Å². The third-order valence-corrected chi connectivity index (χ3v) is 7.11. The summed E-state index contributed by atoms with van der Waals surface area (Å²) in [4.78, 5) is 0.941. The molecule has 0 atom stereocenters. The van der Waals surface area contributed by atoms with Crippen molar-refractivity contribution in [3.63, 3.8) is 0 Å². The second-order valence-corrected chi connectivity index (χ2v) is 9.11. The number of alkyl halides is 1. The lowest BCUT2D eigenvalue weighted by Crippen LogP contribution is -2.45. The molecule has 1 aliphatic rings. The molecular formula is C12H18Cl2N2O2S2. The molecule has 0 radical (unpaired) electrons. The van der Waals surface area contributed by atoms with Gasteiger partial charge in [-0.3, -0.25) is 0 Å². The molecule has 114 valence electrons. The standard InChI is InChI=1S/C12H18Cl2N2O2S2/c1-15(9-11-2-3-12(14)19-11)20(17,18)16-6-4-10(8-13)5-7-16/h2-3,10H,4-9H2,1H3. The Morgan fingerprint density at radius 1 is 1.40 bits per heavy atom. The molecule has 0 amide bonds. The molecular weight excluding hydrogens is 339 g/mol. The van der Waals surface area contributed by atoms with Crippen molar-refractivity contribution in [2.75, 3.05) is 26.0 Å². The van der Waals surface area contributed by atoms with Crippen LogP contribution in [0.25, 0.3) is 0 Å². The van der Waals surface area contributed by atoms with Crippen molar-refractivity contribution in [2.24, 2.45) is 5.92 Å². The van der Waals surface area contributed by atoms with Crippen molar-refractivity contribution in [3.05, 3.63) is 21.3 Å². The van der Waals surface area contributed by atoms with E-state index in [4.69, 9.17) is 23.2 Å². The predicted octanol–water partition coefficient (Wildman–Crippen LogP) is 3.03. The average Bonchev–Trinajstić information content (AvgIpc) is 2.84. The van der Waals surface area contributed by atoms with Gasteiger partial charge in [-0.15, -0.1) is 22.9 Å². The van der Waals surface area contributed by atoms with E-state index in [9.17, 15) is 8.42 Å². The fraction of sp³-hybridized carbons (Fsp3) is 0.667. The number of thiophene rings is 1. The number of piperidine rings is 1. The van der Waals surface area contributed by atoms with Crippen LogP contribution in [0.2, 0.25) is 4.34 Å². The monoisotopic (exact) mass is 356 g/mol. The van der Waals surface area contributed by atoms with E-state index in [2.05, 4.69) is 0 Å². The summed E-state index contributed by atoms with van der Waals surface area (Å²) in [7, 11) is -1.79. The third kappa shape index (κ3) is 3.87. The Balaban J connectivity index is 1.99. The largest absolute Gasteiger partial charge is 0.282 e. The lowest BCUT2D eigenvalue weighted by molar-refractivity contribution is 0.271. The van der Waals surface area contributed by atoms with Gasteiger partial charge in [0.05, 0.1) is 4.34 Å². The first-order valence-electron chi connectivity index (χ1n) is 6.45. The molecule has 8 heteroatoms. The maximum atomic E-state index is 12.5. The molecule has 0 aromatic carbocycles. The number of halogens is 2. The van der Waals surface area contributed by atoms with E-state index >= 15 is 0 Å². The molecule has 1 aromatic rings. The van der Waals surface area contributed by atoms with Gasteiger partial charge in [0.1, 0.15) is 0 Å². The minimum absolute atomic E-state index is 0.356. The molecule has 0 aliphatic carbocycles. The highest BCUT2D eigenvalue weighted by Gasteiger charge is 2.30. The van der Waals surface area contributed by atoms with Gasteiger partial charge in [0.2, 0.25) is 0 Å². The van der Waals surface area contributed by atoms with Gasteiger partial charge in [0, 0.05) is 37.4 Å². The van der Waals surface area contributed by atoms with Crippen LogP contribution in [0, 0.1) is 5.92 Å². The Kier molecular flexibility index (Phi) is 5.73. The first kappa shape index (κ1) is 16.5. The van der Waals surface area contributed by atoms with Gasteiger partial charge in [-0.25, -0.2) is 0 Å². The van der Waals surface area contributed by atoms with Gasteiger partial charge < -0.3 is 0 Å². The number of nitrogens with zero attached hydrogens (tertiary/aromatic N) is 2. The van der Waals surface area contributed by atoms with Gasteiger partial charge in [0.25, 0.3) is 10.2 Å². The Hall–Kier alpha value is 0.150. The molecule has 1 aromatic heterocycles. The van der Waals surface area contributed by atoms with Crippen LogP contribution in [0.15, 0.2) is 12.1 Å². The first-order chi connectivity index (χ1) is 9.43. The van der Waals surface area contributed by atoms with E-state index in [-0.39, 0.29) is 0 Å². The van der Waals surface area contributed by atoms with Gasteiger partial charge in [0.15, 0.2) is 0 Å². The van der Waals surface area contributed by atoms with Crippen molar-refractivity contribution >= 4 is 44.7 Å². The van der Waals surface area contributed by atoms with Crippen LogP contribution in [-0.4, -0.2) is 43.0 Å². The summed E-state index contributed by atoms with van der Waals surface area (Å²) in [6, 6.07) is 3.65. The minimum atomic E-state index is -3.40. The van der Waals surface area contributed by atoms with Gasteiger partial charge in [-0.2, -0.15) is 17.0 Å². The maximum absolute atomic E-state index is 12.5. The first-order valence-corrected chi connectivity index (χ1v) is 9.57. The van der Waals surface area contributed by atoms with Gasteiger partial charge in [-0.05, 0) is 30.9 Å². The molecule has 0 N–H and O–H groups in total. The summed E-state index contributed by atoms with van der Waals surface area (Å²) < 4.78 is 28.6. The quantitative estimate of drug-likeness (QED) is 0.760. The highest BCUT2D eigenvalue weighted by Crippen LogP contribution is 2.25. The normalized spacial score (nSPS) is 18.8. The SMILES string of the molecule is CN(Cc1ccc(Cl)s1)S(=O)(=O)N1CCC(CCl)CC1. The van der Waals surface area contributed by atoms with Crippen molar-refractivity contribution in [1.82, 2.24) is 8.61 Å². The van der Waals surface area contributed by atoms with Crippen LogP contribution in [0.4, 0.5) is 0 Å². The second-order valence-electron chi connectivity index (χ2n) is 4.97. The van der Waals surface area contributed by atoms with Crippen LogP contribution in [0.3, 0.4) is 0 Å². The molecule has 0 bridgehead atoms. The van der Waals surface area contributed by atoms with E-state index in [1.54, 1.807) is 17.4 Å². The summed E-state index contributed by atoms with van der Waals surface area (Å²) in [5.41, 5.74) is 0. The lowest BCUT2D eigenvalue weighted by atomic mass is 10.0. The number of hydrogen-bond donors (Lipinski definition) is 0. The van der Waals surface area contributed by atoms with Crippen LogP contribution >= 0.6 is 34.5 Å². The van der Waals surface area contributed by atoms with Crippen LogP contribution in [-0.2, 0) is 16.8 Å². The molecule has 0 unspecified atom stereocenters. The van der Waals surface area contributed by atoms with Crippen LogP contribution in [0.5, 0.6) is 0 Å². The highest BCUT2D eigenvalue weighted by molar-refractivity contribution is 7.86. The van der Waals surface area contributed by atoms with E-state index in [1.165, 1.54) is 15.6 Å². The molecule has 0 saturated carbocycles. The minimum Gasteiger partial charge on any atom is -0.195 e. The molecule has 1 aliphatic heterocycles. The lowest BCUT2D eigenvalue weighted by Gasteiger charge is -2.33. The molecule has 20 heavy (non-hydrogen) atoms. The summed E-state index contributed by atoms with van der Waals surface area (Å²) in [5.74, 6) is 1.04. The molecule has 1 saturated heterocycles. The van der Waals surface area contributed by atoms with E-state index in [0.717, 1.165) is 17.7 Å². The zero-order valence-corrected chi connectivity index (χ0v) is 14.4. The Labute approximate surface area is 134 Å². The number of rotatable bonds is 5. The Bertz CT molecular complexity index is 539. The zero-order chi connectivity index (χ0) is 14.8. The third-order valence-electron chi connectivity index (χ3n) is 3.52. The van der Waals surface area contributed by atoms with Crippen LogP contribution < -0.4 is 0 Å². The van der Waals surface area contributed by atoms with Crippen molar-refractivity contribution in [3.8, 4) is 0 Å². The fourth-order valence-corrected chi connectivity index (χ4v) is 5.13. The zero-order valence-electron chi connectivity index (χ0n) is 11.3. The van der Waals surface area contributed by atoms with Crippen molar-refractivity contribution in [1.29, 1.82) is 0 Å². The van der Waals surface area contributed by atoms with Gasteiger partial charge >= 0.3 is 0 Å². The highest BCUT2D eigenvalue weighted by atomic mass is 35.5. The van der Waals surface area contributed by atoms with E-state index in [1.807, 2.05) is 6.07 Å². The topological polar surface area (TPSA) is 40.6 Å². The Morgan fingerprint density at radius 2 is 2.05 bits per heavy atom. The number of hydrogen-bond acceptors (Lipinski definition) is 3. The average molecular weight is 357 g/mol. The molecule has 2 rings (SSSR count). The maximum Gasteiger partial charge on any atom is 0.282 e. The molecule has 2 heterocycles. The van der Waals surface area contributed by atoms with Crippen molar-refractivity contribution in [2.45, 2.75) is 19.4 Å². The molecule has 1 fully saturated rings. The fourth-order valence-electron chi connectivity index (χ4n) is 2.23. The van der Waals surface area contributed by atoms with Crippen LogP contribution in [0.1, 0.15) is 17.7 Å². The summed E-state index contributed by atoms with van der Waals surface area (Å²) in [6.45, 7) is 1.46. The van der Waals surface area contributed by atoms with Crippen molar-refractivity contribution < 1.29 is 8.42 Å². The van der Waals surface area contributed by atoms with E-state index in [0.29, 0.717) is 35.8 Å². The molecule has 0 spiro atoms. The summed E-state index contributed by atoms with van der Waals surface area (Å²) in [5, 5.41) is 0. The second kappa shape index (κ2) is 6.94. The predicted molar refractivity (Wildman–Crippen MR) is 84.7 cm³/mol. The summed E-state index contributed by atoms with van der Waals surface area (Å²) in [6.07, 6.45) is 1.67. The van der Waals surface area contributed by atoms with Gasteiger partial charge in [-0.1, -0.05) is 11.6 Å². The molecule has 4 nitrogen and oxygen atoms in total. The summed E-state index contributed by atoms with van der Waals surface area (Å²) >= 11 is 13.1. The Morgan fingerprint density at radius 3 is 2.55 bits per heavy atom. The smallest absolute Gasteiger partial charge is 0.195 e.